The van der Waals surface area contributed by atoms with Crippen LogP contribution in [0.3, 0.4) is 0 Å². The van der Waals surface area contributed by atoms with E-state index < -0.39 is 6.10 Å². The van der Waals surface area contributed by atoms with Crippen LogP contribution in [0.25, 0.3) is 27.8 Å². The average Bonchev–Trinajstić information content (AvgIpc) is 3.08. The molecule has 0 radical (unpaired) electrons. The van der Waals surface area contributed by atoms with Crippen molar-refractivity contribution >= 4 is 22.6 Å². The second kappa shape index (κ2) is 6.80. The van der Waals surface area contributed by atoms with Crippen LogP contribution < -0.4 is 0 Å². The number of aliphatic hydroxyl groups is 1. The SMILES string of the molecule is Cc1ccc(F)c(-c2cccc(-n3cnc4cc([C@H](C)O)ccc43)c2)c1Cl. The van der Waals surface area contributed by atoms with E-state index in [0.29, 0.717) is 16.1 Å². The van der Waals surface area contributed by atoms with Gasteiger partial charge in [-0.25, -0.2) is 9.37 Å². The van der Waals surface area contributed by atoms with Crippen molar-refractivity contribution in [3.63, 3.8) is 0 Å². The summed E-state index contributed by atoms with van der Waals surface area (Å²) >= 11 is 6.37. The largest absolute Gasteiger partial charge is 0.389 e. The van der Waals surface area contributed by atoms with Crippen molar-refractivity contribution in [2.24, 2.45) is 0 Å². The summed E-state index contributed by atoms with van der Waals surface area (Å²) in [6, 6.07) is 16.3. The first-order chi connectivity index (χ1) is 13.0. The van der Waals surface area contributed by atoms with Gasteiger partial charge in [0.1, 0.15) is 12.1 Å². The molecule has 0 spiro atoms. The number of aliphatic hydroxyl groups excluding tert-OH is 1. The summed E-state index contributed by atoms with van der Waals surface area (Å²) in [6.07, 6.45) is 1.18. The monoisotopic (exact) mass is 380 g/mol. The third-order valence-electron chi connectivity index (χ3n) is 4.75. The molecule has 1 aromatic heterocycles. The normalized spacial score (nSPS) is 12.5. The van der Waals surface area contributed by atoms with Crippen LogP contribution >= 0.6 is 11.6 Å². The summed E-state index contributed by atoms with van der Waals surface area (Å²) in [5, 5.41) is 10.2. The number of rotatable bonds is 3. The lowest BCUT2D eigenvalue weighted by molar-refractivity contribution is 0.199. The average molecular weight is 381 g/mol. The Balaban J connectivity index is 1.85. The molecule has 1 N–H and O–H groups in total. The van der Waals surface area contributed by atoms with Gasteiger partial charge in [0.05, 0.1) is 22.2 Å². The summed E-state index contributed by atoms with van der Waals surface area (Å²) in [5.74, 6) is -0.347. The Morgan fingerprint density at radius 1 is 1.11 bits per heavy atom. The van der Waals surface area contributed by atoms with Crippen LogP contribution in [0, 0.1) is 12.7 Å². The van der Waals surface area contributed by atoms with Gasteiger partial charge >= 0.3 is 0 Å². The number of fused-ring (bicyclic) bond motifs is 1. The first-order valence-electron chi connectivity index (χ1n) is 8.66. The molecule has 1 atom stereocenters. The summed E-state index contributed by atoms with van der Waals surface area (Å²) in [6.45, 7) is 3.58. The van der Waals surface area contributed by atoms with Crippen LogP contribution in [0.5, 0.6) is 0 Å². The highest BCUT2D eigenvalue weighted by atomic mass is 35.5. The molecule has 0 aliphatic heterocycles. The van der Waals surface area contributed by atoms with Crippen LogP contribution in [-0.4, -0.2) is 14.7 Å². The predicted molar refractivity (Wildman–Crippen MR) is 107 cm³/mol. The minimum Gasteiger partial charge on any atom is -0.389 e. The first-order valence-corrected chi connectivity index (χ1v) is 9.04. The second-order valence-corrected chi connectivity index (χ2v) is 7.02. The molecule has 5 heteroatoms. The Morgan fingerprint density at radius 2 is 1.93 bits per heavy atom. The molecule has 0 amide bonds. The van der Waals surface area contributed by atoms with Gasteiger partial charge in [-0.15, -0.1) is 0 Å². The molecule has 0 aliphatic carbocycles. The Labute approximate surface area is 161 Å². The zero-order chi connectivity index (χ0) is 19.1. The minimum absolute atomic E-state index is 0.347. The van der Waals surface area contributed by atoms with Gasteiger partial charge in [0.15, 0.2) is 0 Å². The van der Waals surface area contributed by atoms with Crippen molar-refractivity contribution in [3.8, 4) is 16.8 Å². The molecule has 0 saturated carbocycles. The minimum atomic E-state index is -0.547. The molecule has 3 nitrogen and oxygen atoms in total. The van der Waals surface area contributed by atoms with E-state index in [1.807, 2.05) is 54.0 Å². The molecule has 1 heterocycles. The molecule has 3 aromatic carbocycles. The van der Waals surface area contributed by atoms with Gasteiger partial charge in [-0.3, -0.25) is 4.57 Å². The number of aryl methyl sites for hydroxylation is 1. The molecule has 0 aliphatic rings. The van der Waals surface area contributed by atoms with Gasteiger partial charge in [-0.2, -0.15) is 0 Å². The fraction of sp³-hybridized carbons (Fsp3) is 0.136. The third kappa shape index (κ3) is 3.11. The van der Waals surface area contributed by atoms with Crippen LogP contribution in [-0.2, 0) is 0 Å². The Bertz CT molecular complexity index is 1150. The smallest absolute Gasteiger partial charge is 0.132 e. The van der Waals surface area contributed by atoms with E-state index in [1.54, 1.807) is 19.3 Å². The molecule has 4 aromatic rings. The highest BCUT2D eigenvalue weighted by molar-refractivity contribution is 6.34. The standard InChI is InChI=1S/C22H18ClFN2O/c1-13-6-8-18(24)21(22(13)23)16-4-3-5-17(10-16)26-12-25-19-11-15(14(2)27)7-9-20(19)26/h3-12,14,27H,1-2H3/t14-/m0/s1. The molecule has 27 heavy (non-hydrogen) atoms. The lowest BCUT2D eigenvalue weighted by Gasteiger charge is -2.11. The summed E-state index contributed by atoms with van der Waals surface area (Å²) in [4.78, 5) is 4.44. The third-order valence-corrected chi connectivity index (χ3v) is 5.24. The van der Waals surface area contributed by atoms with Gasteiger partial charge < -0.3 is 5.11 Å². The maximum atomic E-state index is 14.4. The number of hydrogen-bond donors (Lipinski definition) is 1. The molecule has 0 fully saturated rings. The number of aromatic nitrogens is 2. The van der Waals surface area contributed by atoms with E-state index in [2.05, 4.69) is 4.98 Å². The van der Waals surface area contributed by atoms with E-state index in [0.717, 1.165) is 27.8 Å². The van der Waals surface area contributed by atoms with Crippen LogP contribution in [0.1, 0.15) is 24.2 Å². The highest BCUT2D eigenvalue weighted by Gasteiger charge is 2.14. The molecule has 0 unspecified atom stereocenters. The second-order valence-electron chi connectivity index (χ2n) is 6.64. The number of halogens is 2. The topological polar surface area (TPSA) is 38.0 Å². The molecule has 4 rings (SSSR count). The van der Waals surface area contributed by atoms with Crippen LogP contribution in [0.2, 0.25) is 5.02 Å². The van der Waals surface area contributed by atoms with Crippen molar-refractivity contribution in [1.29, 1.82) is 0 Å². The summed E-state index contributed by atoms with van der Waals surface area (Å²) in [5.41, 5.74) is 5.32. The predicted octanol–water partition coefficient (Wildman–Crippen LogP) is 5.85. The van der Waals surface area contributed by atoms with Gasteiger partial charge in [0, 0.05) is 11.3 Å². The number of imidazole rings is 1. The fourth-order valence-corrected chi connectivity index (χ4v) is 3.49. The van der Waals surface area contributed by atoms with Gasteiger partial charge in [-0.1, -0.05) is 35.9 Å². The van der Waals surface area contributed by atoms with Crippen molar-refractivity contribution in [3.05, 3.63) is 82.9 Å². The first kappa shape index (κ1) is 17.7. The van der Waals surface area contributed by atoms with Gasteiger partial charge in [0.2, 0.25) is 0 Å². The van der Waals surface area contributed by atoms with E-state index in [1.165, 1.54) is 6.07 Å². The zero-order valence-corrected chi connectivity index (χ0v) is 15.7. The van der Waals surface area contributed by atoms with Crippen molar-refractivity contribution in [2.45, 2.75) is 20.0 Å². The lowest BCUT2D eigenvalue weighted by atomic mass is 10.0. The Hall–Kier alpha value is -2.69. The lowest BCUT2D eigenvalue weighted by Crippen LogP contribution is -1.95. The van der Waals surface area contributed by atoms with Crippen molar-refractivity contribution < 1.29 is 9.50 Å². The zero-order valence-electron chi connectivity index (χ0n) is 14.9. The quantitative estimate of drug-likeness (QED) is 0.484. The Kier molecular flexibility index (Phi) is 4.46. The molecule has 136 valence electrons. The fourth-order valence-electron chi connectivity index (χ4n) is 3.23. The number of nitrogens with zero attached hydrogens (tertiary/aromatic N) is 2. The number of benzene rings is 3. The van der Waals surface area contributed by atoms with Gasteiger partial charge in [-0.05, 0) is 60.9 Å². The maximum absolute atomic E-state index is 14.4. The van der Waals surface area contributed by atoms with Gasteiger partial charge in [0.25, 0.3) is 0 Å². The molecular weight excluding hydrogens is 363 g/mol. The van der Waals surface area contributed by atoms with E-state index in [9.17, 15) is 9.50 Å². The summed E-state index contributed by atoms with van der Waals surface area (Å²) in [7, 11) is 0. The van der Waals surface area contributed by atoms with E-state index in [4.69, 9.17) is 11.6 Å². The van der Waals surface area contributed by atoms with Crippen molar-refractivity contribution in [2.75, 3.05) is 0 Å². The van der Waals surface area contributed by atoms with Crippen LogP contribution in [0.15, 0.2) is 60.9 Å². The van der Waals surface area contributed by atoms with Crippen LogP contribution in [0.4, 0.5) is 4.39 Å². The van der Waals surface area contributed by atoms with Crippen molar-refractivity contribution in [1.82, 2.24) is 9.55 Å². The van der Waals surface area contributed by atoms with E-state index in [-0.39, 0.29) is 5.82 Å². The summed E-state index contributed by atoms with van der Waals surface area (Å²) < 4.78 is 16.4. The molecule has 0 saturated heterocycles. The maximum Gasteiger partial charge on any atom is 0.132 e. The highest BCUT2D eigenvalue weighted by Crippen LogP contribution is 2.34. The Morgan fingerprint density at radius 3 is 2.70 bits per heavy atom. The van der Waals surface area contributed by atoms with E-state index >= 15 is 0 Å². The molecular formula is C22H18ClFN2O. The molecule has 0 bridgehead atoms. The number of hydrogen-bond acceptors (Lipinski definition) is 2.